The van der Waals surface area contributed by atoms with Gasteiger partial charge in [-0.3, -0.25) is 4.90 Å². The molecule has 3 aliphatic rings. The molecule has 1 heterocycles. The molecule has 2 N–H and O–H groups in total. The highest BCUT2D eigenvalue weighted by atomic mass is 15.3. The summed E-state index contributed by atoms with van der Waals surface area (Å²) in [6.45, 7) is 13.0. The molecule has 3 heteroatoms. The average molecular weight is 382 g/mol. The Hall–Kier alpha value is -1.32. The van der Waals surface area contributed by atoms with Gasteiger partial charge in [0.25, 0.3) is 0 Å². The van der Waals surface area contributed by atoms with Crippen molar-refractivity contribution in [3.63, 3.8) is 0 Å². The van der Waals surface area contributed by atoms with Crippen molar-refractivity contribution in [2.24, 2.45) is 5.41 Å². The molecule has 154 valence electrons. The van der Waals surface area contributed by atoms with Gasteiger partial charge in [0, 0.05) is 43.0 Å². The molecule has 0 bridgehead atoms. The number of piperazine rings is 1. The Bertz CT molecular complexity index is 719. The van der Waals surface area contributed by atoms with Gasteiger partial charge in [0.2, 0.25) is 0 Å². The molecule has 2 aliphatic carbocycles. The third kappa shape index (κ3) is 3.76. The number of nitrogens with zero attached hydrogens (tertiary/aromatic N) is 2. The number of nitrogen functional groups attached to an aromatic ring is 1. The minimum absolute atomic E-state index is 0.233. The Morgan fingerprint density at radius 3 is 2.32 bits per heavy atom. The van der Waals surface area contributed by atoms with E-state index in [1.807, 2.05) is 0 Å². The molecule has 0 unspecified atom stereocenters. The van der Waals surface area contributed by atoms with E-state index >= 15 is 0 Å². The van der Waals surface area contributed by atoms with Crippen LogP contribution in [0.15, 0.2) is 24.3 Å². The van der Waals surface area contributed by atoms with E-state index in [0.29, 0.717) is 5.41 Å². The van der Waals surface area contributed by atoms with Crippen LogP contribution in [-0.2, 0) is 5.54 Å². The molecule has 0 aromatic heterocycles. The third-order valence-electron chi connectivity index (χ3n) is 7.76. The number of allylic oxidation sites excluding steroid dienone is 2. The first-order chi connectivity index (χ1) is 13.4. The van der Waals surface area contributed by atoms with Crippen LogP contribution >= 0.6 is 0 Å². The number of anilines is 1. The summed E-state index contributed by atoms with van der Waals surface area (Å²) in [4.78, 5) is 5.39. The monoisotopic (exact) mass is 381 g/mol. The van der Waals surface area contributed by atoms with Gasteiger partial charge in [-0.05, 0) is 67.3 Å². The van der Waals surface area contributed by atoms with Crippen molar-refractivity contribution >= 4 is 11.3 Å². The second kappa shape index (κ2) is 7.84. The van der Waals surface area contributed by atoms with E-state index in [2.05, 4.69) is 54.8 Å². The smallest absolute Gasteiger partial charge is 0.0461 e. The van der Waals surface area contributed by atoms with Gasteiger partial charge in [-0.1, -0.05) is 45.8 Å². The van der Waals surface area contributed by atoms with E-state index in [1.54, 1.807) is 0 Å². The first-order valence-corrected chi connectivity index (χ1v) is 11.5. The van der Waals surface area contributed by atoms with E-state index in [1.165, 1.54) is 81.5 Å². The molecule has 1 aromatic rings. The zero-order chi connectivity index (χ0) is 19.8. The van der Waals surface area contributed by atoms with Crippen molar-refractivity contribution in [1.29, 1.82) is 0 Å². The highest BCUT2D eigenvalue weighted by Crippen LogP contribution is 2.46. The van der Waals surface area contributed by atoms with Gasteiger partial charge in [-0.15, -0.1) is 0 Å². The zero-order valence-corrected chi connectivity index (χ0v) is 18.3. The van der Waals surface area contributed by atoms with Crippen molar-refractivity contribution < 1.29 is 0 Å². The van der Waals surface area contributed by atoms with Crippen molar-refractivity contribution in [3.8, 4) is 0 Å². The maximum atomic E-state index is 6.48. The van der Waals surface area contributed by atoms with E-state index in [-0.39, 0.29) is 5.54 Å². The Labute approximate surface area is 172 Å². The average Bonchev–Trinajstić information content (AvgIpc) is 3.20. The summed E-state index contributed by atoms with van der Waals surface area (Å²) in [6.07, 6.45) is 11.3. The minimum atomic E-state index is 0.233. The van der Waals surface area contributed by atoms with Crippen molar-refractivity contribution in [1.82, 2.24) is 9.80 Å². The predicted octanol–water partition coefficient (Wildman–Crippen LogP) is 5.27. The first-order valence-electron chi connectivity index (χ1n) is 11.5. The van der Waals surface area contributed by atoms with Gasteiger partial charge in [-0.25, -0.2) is 0 Å². The Morgan fingerprint density at radius 2 is 1.71 bits per heavy atom. The molecule has 28 heavy (non-hydrogen) atoms. The lowest BCUT2D eigenvalue weighted by molar-refractivity contribution is 0.0339. The molecule has 1 saturated heterocycles. The third-order valence-corrected chi connectivity index (χ3v) is 7.76. The van der Waals surface area contributed by atoms with Crippen LogP contribution in [0.2, 0.25) is 0 Å². The SMILES string of the molecule is CCN1CCN(C2(c3ccc(N)c(C4=CCC(C)(C)CC4)c3)CCCC2)CC1. The highest BCUT2D eigenvalue weighted by molar-refractivity contribution is 5.76. The molecular weight excluding hydrogens is 342 g/mol. The molecule has 1 aliphatic heterocycles. The molecule has 4 rings (SSSR count). The molecule has 3 nitrogen and oxygen atoms in total. The van der Waals surface area contributed by atoms with E-state index in [0.717, 1.165) is 18.5 Å². The summed E-state index contributed by atoms with van der Waals surface area (Å²) in [5, 5.41) is 0. The standard InChI is InChI=1S/C25H39N3/c1-4-27-15-17-28(18-16-27)25(11-5-6-12-25)21-7-8-23(26)22(19-21)20-9-13-24(2,3)14-10-20/h7-9,19H,4-6,10-18,26H2,1-3H3. The van der Waals surface area contributed by atoms with Crippen LogP contribution in [0, 0.1) is 5.41 Å². The quantitative estimate of drug-likeness (QED) is 0.721. The molecule has 0 spiro atoms. The van der Waals surface area contributed by atoms with Gasteiger partial charge in [0.05, 0.1) is 0 Å². The number of rotatable bonds is 4. The van der Waals surface area contributed by atoms with E-state index in [9.17, 15) is 0 Å². The van der Waals surface area contributed by atoms with Gasteiger partial charge in [0.15, 0.2) is 0 Å². The van der Waals surface area contributed by atoms with Crippen LogP contribution < -0.4 is 5.73 Å². The Balaban J connectivity index is 1.64. The van der Waals surface area contributed by atoms with Gasteiger partial charge in [-0.2, -0.15) is 0 Å². The topological polar surface area (TPSA) is 32.5 Å². The Kier molecular flexibility index (Phi) is 5.59. The largest absolute Gasteiger partial charge is 0.398 e. The first kappa shape index (κ1) is 20.0. The van der Waals surface area contributed by atoms with Gasteiger partial charge >= 0.3 is 0 Å². The van der Waals surface area contributed by atoms with Crippen LogP contribution in [0.25, 0.3) is 5.57 Å². The van der Waals surface area contributed by atoms with Crippen molar-refractivity contribution in [3.05, 3.63) is 35.4 Å². The summed E-state index contributed by atoms with van der Waals surface area (Å²) in [6, 6.07) is 6.99. The number of nitrogens with two attached hydrogens (primary N) is 1. The minimum Gasteiger partial charge on any atom is -0.398 e. The normalized spacial score (nSPS) is 25.6. The number of benzene rings is 1. The van der Waals surface area contributed by atoms with Crippen LogP contribution in [0.4, 0.5) is 5.69 Å². The highest BCUT2D eigenvalue weighted by Gasteiger charge is 2.42. The molecule has 0 radical (unpaired) electrons. The van der Waals surface area contributed by atoms with Gasteiger partial charge in [0.1, 0.15) is 0 Å². The summed E-state index contributed by atoms with van der Waals surface area (Å²) in [7, 11) is 0. The molecular formula is C25H39N3. The Morgan fingerprint density at radius 1 is 1.00 bits per heavy atom. The lowest BCUT2D eigenvalue weighted by Crippen LogP contribution is -2.54. The fourth-order valence-electron chi connectivity index (χ4n) is 5.68. The number of likely N-dealkylation sites (N-methyl/N-ethyl adjacent to an activating group) is 1. The second-order valence-corrected chi connectivity index (χ2v) is 10.1. The van der Waals surface area contributed by atoms with Gasteiger partial charge < -0.3 is 10.6 Å². The van der Waals surface area contributed by atoms with Crippen LogP contribution in [-0.4, -0.2) is 42.5 Å². The lowest BCUT2D eigenvalue weighted by Gasteiger charge is -2.46. The summed E-state index contributed by atoms with van der Waals surface area (Å²) in [5.74, 6) is 0. The van der Waals surface area contributed by atoms with E-state index in [4.69, 9.17) is 5.73 Å². The lowest BCUT2D eigenvalue weighted by atomic mass is 9.76. The number of hydrogen-bond donors (Lipinski definition) is 1. The summed E-state index contributed by atoms with van der Waals surface area (Å²) >= 11 is 0. The van der Waals surface area contributed by atoms with E-state index < -0.39 is 0 Å². The predicted molar refractivity (Wildman–Crippen MR) is 120 cm³/mol. The fourth-order valence-corrected chi connectivity index (χ4v) is 5.68. The molecule has 0 atom stereocenters. The zero-order valence-electron chi connectivity index (χ0n) is 18.3. The summed E-state index contributed by atoms with van der Waals surface area (Å²) in [5.41, 5.74) is 12.4. The number of hydrogen-bond acceptors (Lipinski definition) is 3. The fraction of sp³-hybridized carbons (Fsp3) is 0.680. The van der Waals surface area contributed by atoms with Crippen LogP contribution in [0.5, 0.6) is 0 Å². The van der Waals surface area contributed by atoms with Crippen molar-refractivity contribution in [2.45, 2.75) is 71.3 Å². The molecule has 2 fully saturated rings. The maximum absolute atomic E-state index is 6.48. The van der Waals surface area contributed by atoms with Crippen LogP contribution in [0.3, 0.4) is 0 Å². The molecule has 0 amide bonds. The van der Waals surface area contributed by atoms with Crippen LogP contribution in [0.1, 0.15) is 76.8 Å². The second-order valence-electron chi connectivity index (χ2n) is 10.1. The molecule has 1 saturated carbocycles. The summed E-state index contributed by atoms with van der Waals surface area (Å²) < 4.78 is 0. The maximum Gasteiger partial charge on any atom is 0.0461 e. The molecule has 1 aromatic carbocycles. The van der Waals surface area contributed by atoms with Crippen molar-refractivity contribution in [2.75, 3.05) is 38.5 Å².